The molecular formula is C12H14N2O3. The first-order valence-corrected chi connectivity index (χ1v) is 5.31. The normalized spacial score (nSPS) is 10.8. The Morgan fingerprint density at radius 2 is 2.12 bits per heavy atom. The van der Waals surface area contributed by atoms with Gasteiger partial charge in [-0.1, -0.05) is 0 Å². The van der Waals surface area contributed by atoms with Crippen molar-refractivity contribution in [2.75, 3.05) is 0 Å². The van der Waals surface area contributed by atoms with Gasteiger partial charge >= 0.3 is 5.97 Å². The zero-order valence-corrected chi connectivity index (χ0v) is 10.0. The van der Waals surface area contributed by atoms with Crippen LogP contribution in [-0.4, -0.2) is 20.9 Å². The molecule has 0 saturated carbocycles. The summed E-state index contributed by atoms with van der Waals surface area (Å²) in [4.78, 5) is 11.0. The summed E-state index contributed by atoms with van der Waals surface area (Å²) in [6.45, 7) is 5.76. The summed E-state index contributed by atoms with van der Waals surface area (Å²) in [5.74, 6) is 0.659. The highest BCUT2D eigenvalue weighted by molar-refractivity contribution is 5.90. The first kappa shape index (κ1) is 11.4. The summed E-state index contributed by atoms with van der Waals surface area (Å²) in [5, 5.41) is 13.3. The van der Waals surface area contributed by atoms with Crippen LogP contribution in [0.3, 0.4) is 0 Å². The molecule has 0 radical (unpaired) electrons. The summed E-state index contributed by atoms with van der Waals surface area (Å²) >= 11 is 0. The quantitative estimate of drug-likeness (QED) is 0.883. The van der Waals surface area contributed by atoms with Gasteiger partial charge in [0.2, 0.25) is 0 Å². The summed E-state index contributed by atoms with van der Waals surface area (Å²) < 4.78 is 7.09. The maximum Gasteiger partial charge on any atom is 0.339 e. The third kappa shape index (κ3) is 2.08. The molecule has 0 amide bonds. The molecule has 0 unspecified atom stereocenters. The number of rotatable bonds is 3. The van der Waals surface area contributed by atoms with Crippen LogP contribution in [0.1, 0.15) is 33.3 Å². The summed E-state index contributed by atoms with van der Waals surface area (Å²) in [6, 6.07) is 3.74. The second-order valence-electron chi connectivity index (χ2n) is 4.02. The topological polar surface area (TPSA) is 68.3 Å². The van der Waals surface area contributed by atoms with Gasteiger partial charge < -0.3 is 9.52 Å². The molecule has 1 N–H and O–H groups in total. The van der Waals surface area contributed by atoms with Crippen LogP contribution >= 0.6 is 0 Å². The molecule has 5 heteroatoms. The Kier molecular flexibility index (Phi) is 2.75. The van der Waals surface area contributed by atoms with Crippen molar-refractivity contribution in [2.45, 2.75) is 27.3 Å². The molecule has 2 heterocycles. The van der Waals surface area contributed by atoms with E-state index < -0.39 is 5.97 Å². The first-order valence-electron chi connectivity index (χ1n) is 5.31. The van der Waals surface area contributed by atoms with E-state index in [9.17, 15) is 4.79 Å². The van der Waals surface area contributed by atoms with Crippen molar-refractivity contribution in [3.8, 4) is 0 Å². The smallest absolute Gasteiger partial charge is 0.339 e. The largest absolute Gasteiger partial charge is 0.478 e. The van der Waals surface area contributed by atoms with Crippen LogP contribution in [-0.2, 0) is 6.54 Å². The number of hydrogen-bond donors (Lipinski definition) is 1. The van der Waals surface area contributed by atoms with Gasteiger partial charge in [0.25, 0.3) is 0 Å². The number of aromatic nitrogens is 2. The standard InChI is InChI=1S/C12H14N2O3/c1-7-4-5-10(17-7)6-14-9(3)11(12(15)16)8(2)13-14/h4-5H,6H2,1-3H3,(H,15,16). The second kappa shape index (κ2) is 4.08. The van der Waals surface area contributed by atoms with Crippen molar-refractivity contribution in [2.24, 2.45) is 0 Å². The van der Waals surface area contributed by atoms with Crippen LogP contribution in [0, 0.1) is 20.8 Å². The van der Waals surface area contributed by atoms with Crippen molar-refractivity contribution >= 4 is 5.97 Å². The van der Waals surface area contributed by atoms with Crippen LogP contribution in [0.5, 0.6) is 0 Å². The number of furan rings is 1. The number of aromatic carboxylic acids is 1. The molecular weight excluding hydrogens is 220 g/mol. The zero-order chi connectivity index (χ0) is 12.6. The Morgan fingerprint density at radius 3 is 2.59 bits per heavy atom. The average Bonchev–Trinajstić information content (AvgIpc) is 2.73. The van der Waals surface area contributed by atoms with Crippen molar-refractivity contribution < 1.29 is 14.3 Å². The van der Waals surface area contributed by atoms with Crippen LogP contribution in [0.2, 0.25) is 0 Å². The molecule has 17 heavy (non-hydrogen) atoms. The third-order valence-corrected chi connectivity index (χ3v) is 2.70. The predicted molar refractivity (Wildman–Crippen MR) is 61.2 cm³/mol. The number of carboxylic acids is 1. The number of nitrogens with zero attached hydrogens (tertiary/aromatic N) is 2. The van der Waals surface area contributed by atoms with Gasteiger partial charge in [-0.05, 0) is 32.9 Å². The second-order valence-corrected chi connectivity index (χ2v) is 4.02. The average molecular weight is 234 g/mol. The van der Waals surface area contributed by atoms with Crippen LogP contribution in [0.25, 0.3) is 0 Å². The SMILES string of the molecule is Cc1ccc(Cn2nc(C)c(C(=O)O)c2C)o1. The number of carbonyl (C=O) groups is 1. The Labute approximate surface area is 98.7 Å². The first-order chi connectivity index (χ1) is 7.99. The predicted octanol–water partition coefficient (Wildman–Crippen LogP) is 2.15. The fourth-order valence-corrected chi connectivity index (χ4v) is 1.88. The van der Waals surface area contributed by atoms with E-state index in [1.807, 2.05) is 19.1 Å². The molecule has 0 aliphatic heterocycles. The monoisotopic (exact) mass is 234 g/mol. The van der Waals surface area contributed by atoms with E-state index in [1.165, 1.54) is 0 Å². The molecule has 0 aliphatic carbocycles. The molecule has 5 nitrogen and oxygen atoms in total. The Bertz CT molecular complexity index is 566. The maximum atomic E-state index is 11.0. The minimum atomic E-state index is -0.943. The van der Waals surface area contributed by atoms with Gasteiger partial charge in [-0.3, -0.25) is 4.68 Å². The highest BCUT2D eigenvalue weighted by Crippen LogP contribution is 2.15. The van der Waals surface area contributed by atoms with E-state index in [-0.39, 0.29) is 5.56 Å². The molecule has 0 saturated heterocycles. The highest BCUT2D eigenvalue weighted by Gasteiger charge is 2.18. The van der Waals surface area contributed by atoms with Crippen LogP contribution < -0.4 is 0 Å². The van der Waals surface area contributed by atoms with Gasteiger partial charge in [-0.25, -0.2) is 4.79 Å². The van der Waals surface area contributed by atoms with Crippen molar-refractivity contribution in [3.63, 3.8) is 0 Å². The van der Waals surface area contributed by atoms with Gasteiger partial charge in [-0.2, -0.15) is 5.10 Å². The minimum absolute atomic E-state index is 0.272. The zero-order valence-electron chi connectivity index (χ0n) is 10.0. The van der Waals surface area contributed by atoms with Gasteiger partial charge in [0.05, 0.1) is 17.9 Å². The van der Waals surface area contributed by atoms with Crippen molar-refractivity contribution in [3.05, 3.63) is 40.6 Å². The fourth-order valence-electron chi connectivity index (χ4n) is 1.88. The lowest BCUT2D eigenvalue weighted by atomic mass is 10.2. The molecule has 90 valence electrons. The van der Waals surface area contributed by atoms with E-state index in [0.29, 0.717) is 17.9 Å². The van der Waals surface area contributed by atoms with Crippen LogP contribution in [0.15, 0.2) is 16.5 Å². The summed E-state index contributed by atoms with van der Waals surface area (Å²) in [6.07, 6.45) is 0. The lowest BCUT2D eigenvalue weighted by Crippen LogP contribution is -2.05. The fraction of sp³-hybridized carbons (Fsp3) is 0.333. The van der Waals surface area contributed by atoms with Gasteiger partial charge in [-0.15, -0.1) is 0 Å². The molecule has 2 rings (SSSR count). The Hall–Kier alpha value is -2.04. The van der Waals surface area contributed by atoms with E-state index in [1.54, 1.807) is 18.5 Å². The molecule has 0 aromatic carbocycles. The molecule has 0 atom stereocenters. The lowest BCUT2D eigenvalue weighted by molar-refractivity contribution is 0.0695. The lowest BCUT2D eigenvalue weighted by Gasteiger charge is -2.01. The van der Waals surface area contributed by atoms with Crippen molar-refractivity contribution in [1.29, 1.82) is 0 Å². The molecule has 2 aromatic rings. The number of aryl methyl sites for hydroxylation is 2. The molecule has 0 aliphatic rings. The van der Waals surface area contributed by atoms with Gasteiger partial charge in [0.1, 0.15) is 17.1 Å². The summed E-state index contributed by atoms with van der Waals surface area (Å²) in [7, 11) is 0. The van der Waals surface area contributed by atoms with Crippen molar-refractivity contribution in [1.82, 2.24) is 9.78 Å². The number of hydrogen-bond acceptors (Lipinski definition) is 3. The summed E-state index contributed by atoms with van der Waals surface area (Å²) in [5.41, 5.74) is 1.44. The Morgan fingerprint density at radius 1 is 1.41 bits per heavy atom. The molecule has 2 aromatic heterocycles. The Balaban J connectivity index is 2.34. The van der Waals surface area contributed by atoms with Gasteiger partial charge in [0, 0.05) is 0 Å². The number of carboxylic acid groups (broad SMARTS) is 1. The molecule has 0 fully saturated rings. The van der Waals surface area contributed by atoms with E-state index >= 15 is 0 Å². The third-order valence-electron chi connectivity index (χ3n) is 2.70. The molecule has 0 spiro atoms. The van der Waals surface area contributed by atoms with Crippen LogP contribution in [0.4, 0.5) is 0 Å². The van der Waals surface area contributed by atoms with Gasteiger partial charge in [0.15, 0.2) is 0 Å². The van der Waals surface area contributed by atoms with E-state index in [4.69, 9.17) is 9.52 Å². The van der Waals surface area contributed by atoms with E-state index in [2.05, 4.69) is 5.10 Å². The maximum absolute atomic E-state index is 11.0. The van der Waals surface area contributed by atoms with E-state index in [0.717, 1.165) is 11.5 Å². The highest BCUT2D eigenvalue weighted by atomic mass is 16.4. The minimum Gasteiger partial charge on any atom is -0.478 e. The molecule has 0 bridgehead atoms.